The van der Waals surface area contributed by atoms with E-state index in [9.17, 15) is 4.79 Å². The van der Waals surface area contributed by atoms with Gasteiger partial charge in [0.25, 0.3) is 5.91 Å². The molecule has 20 heavy (non-hydrogen) atoms. The first-order chi connectivity index (χ1) is 9.60. The van der Waals surface area contributed by atoms with Gasteiger partial charge in [-0.25, -0.2) is 0 Å². The second-order valence-corrected chi connectivity index (χ2v) is 6.11. The van der Waals surface area contributed by atoms with Crippen LogP contribution in [0.1, 0.15) is 25.8 Å². The van der Waals surface area contributed by atoms with Crippen molar-refractivity contribution >= 4 is 5.91 Å². The van der Waals surface area contributed by atoms with Crippen molar-refractivity contribution in [1.29, 1.82) is 0 Å². The average Bonchev–Trinajstić information content (AvgIpc) is 2.66. The Morgan fingerprint density at radius 3 is 2.80 bits per heavy atom. The van der Waals surface area contributed by atoms with Crippen molar-refractivity contribution in [2.45, 2.75) is 39.2 Å². The number of rotatable bonds is 3. The SMILES string of the molecule is CC1(C)[C@H](OCc2ccccc2)C(=O)N2CCCO[C@H]21. The summed E-state index contributed by atoms with van der Waals surface area (Å²) in [5.74, 6) is 0.0654. The second-order valence-electron chi connectivity index (χ2n) is 6.11. The van der Waals surface area contributed by atoms with Gasteiger partial charge >= 0.3 is 0 Å². The summed E-state index contributed by atoms with van der Waals surface area (Å²) in [6.07, 6.45) is 0.333. The Kier molecular flexibility index (Phi) is 3.52. The van der Waals surface area contributed by atoms with E-state index >= 15 is 0 Å². The summed E-state index contributed by atoms with van der Waals surface area (Å²) in [4.78, 5) is 14.3. The van der Waals surface area contributed by atoms with E-state index < -0.39 is 6.10 Å². The third kappa shape index (κ3) is 2.23. The van der Waals surface area contributed by atoms with Gasteiger partial charge in [-0.15, -0.1) is 0 Å². The van der Waals surface area contributed by atoms with Crippen LogP contribution in [0.15, 0.2) is 30.3 Å². The summed E-state index contributed by atoms with van der Waals surface area (Å²) < 4.78 is 11.7. The molecule has 1 aromatic carbocycles. The first-order valence-corrected chi connectivity index (χ1v) is 7.18. The molecule has 4 heteroatoms. The molecule has 0 spiro atoms. The molecule has 2 heterocycles. The highest BCUT2D eigenvalue weighted by molar-refractivity contribution is 5.85. The normalized spacial score (nSPS) is 28.5. The Balaban J connectivity index is 1.73. The van der Waals surface area contributed by atoms with Gasteiger partial charge in [-0.2, -0.15) is 0 Å². The smallest absolute Gasteiger partial charge is 0.254 e. The molecule has 2 aliphatic heterocycles. The second kappa shape index (κ2) is 5.19. The lowest BCUT2D eigenvalue weighted by atomic mass is 9.87. The molecule has 2 aliphatic rings. The highest BCUT2D eigenvalue weighted by atomic mass is 16.5. The van der Waals surface area contributed by atoms with Crippen LogP contribution in [0.5, 0.6) is 0 Å². The fourth-order valence-electron chi connectivity index (χ4n) is 3.12. The molecule has 108 valence electrons. The van der Waals surface area contributed by atoms with Crippen LogP contribution in [0.2, 0.25) is 0 Å². The van der Waals surface area contributed by atoms with E-state index in [-0.39, 0.29) is 17.6 Å². The lowest BCUT2D eigenvalue weighted by molar-refractivity contribution is -0.149. The van der Waals surface area contributed by atoms with E-state index in [1.54, 1.807) is 0 Å². The van der Waals surface area contributed by atoms with Gasteiger partial charge in [0.2, 0.25) is 0 Å². The van der Waals surface area contributed by atoms with Crippen LogP contribution in [0.4, 0.5) is 0 Å². The van der Waals surface area contributed by atoms with Crippen molar-refractivity contribution in [2.24, 2.45) is 5.41 Å². The molecule has 1 amide bonds. The lowest BCUT2D eigenvalue weighted by Crippen LogP contribution is -2.45. The van der Waals surface area contributed by atoms with Crippen molar-refractivity contribution in [1.82, 2.24) is 4.90 Å². The van der Waals surface area contributed by atoms with Crippen molar-refractivity contribution in [2.75, 3.05) is 13.2 Å². The molecule has 1 aromatic rings. The molecule has 2 fully saturated rings. The van der Waals surface area contributed by atoms with Gasteiger partial charge in [-0.3, -0.25) is 4.79 Å². The van der Waals surface area contributed by atoms with Gasteiger partial charge in [0, 0.05) is 12.0 Å². The topological polar surface area (TPSA) is 38.8 Å². The molecule has 0 N–H and O–H groups in total. The minimum atomic E-state index is -0.425. The number of amides is 1. The van der Waals surface area contributed by atoms with Crippen LogP contribution in [-0.4, -0.2) is 36.3 Å². The summed E-state index contributed by atoms with van der Waals surface area (Å²) in [5.41, 5.74) is 0.772. The van der Waals surface area contributed by atoms with E-state index in [2.05, 4.69) is 13.8 Å². The van der Waals surface area contributed by atoms with Crippen LogP contribution in [0.25, 0.3) is 0 Å². The van der Waals surface area contributed by atoms with Crippen molar-refractivity contribution in [3.05, 3.63) is 35.9 Å². The largest absolute Gasteiger partial charge is 0.363 e. The number of fused-ring (bicyclic) bond motifs is 1. The molecule has 0 aromatic heterocycles. The number of benzene rings is 1. The molecule has 0 saturated carbocycles. The number of ether oxygens (including phenoxy) is 2. The molecule has 0 bridgehead atoms. The highest BCUT2D eigenvalue weighted by Crippen LogP contribution is 2.41. The van der Waals surface area contributed by atoms with Gasteiger partial charge in [0.1, 0.15) is 12.3 Å². The van der Waals surface area contributed by atoms with E-state index in [4.69, 9.17) is 9.47 Å². The van der Waals surface area contributed by atoms with Crippen LogP contribution < -0.4 is 0 Å². The summed E-state index contributed by atoms with van der Waals surface area (Å²) >= 11 is 0. The molecule has 2 atom stereocenters. The number of nitrogens with zero attached hydrogens (tertiary/aromatic N) is 1. The van der Waals surface area contributed by atoms with Crippen LogP contribution in [0.3, 0.4) is 0 Å². The molecule has 0 radical (unpaired) electrons. The Bertz CT molecular complexity index is 486. The fourth-order valence-corrected chi connectivity index (χ4v) is 3.12. The van der Waals surface area contributed by atoms with Gasteiger partial charge < -0.3 is 14.4 Å². The molecule has 4 nitrogen and oxygen atoms in total. The molecule has 0 unspecified atom stereocenters. The highest BCUT2D eigenvalue weighted by Gasteiger charge is 2.56. The summed E-state index contributed by atoms with van der Waals surface area (Å²) in [6, 6.07) is 9.95. The number of carbonyl (C=O) groups excluding carboxylic acids is 1. The zero-order valence-electron chi connectivity index (χ0n) is 12.0. The Morgan fingerprint density at radius 1 is 1.35 bits per heavy atom. The quantitative estimate of drug-likeness (QED) is 0.848. The minimum Gasteiger partial charge on any atom is -0.363 e. The maximum absolute atomic E-state index is 12.5. The Morgan fingerprint density at radius 2 is 2.10 bits per heavy atom. The first-order valence-electron chi connectivity index (χ1n) is 7.18. The maximum atomic E-state index is 12.5. The number of hydrogen-bond acceptors (Lipinski definition) is 3. The predicted octanol–water partition coefficient (Wildman–Crippen LogP) is 2.19. The van der Waals surface area contributed by atoms with Crippen LogP contribution in [-0.2, 0) is 20.9 Å². The van der Waals surface area contributed by atoms with Gasteiger partial charge in [0.15, 0.2) is 0 Å². The summed E-state index contributed by atoms with van der Waals surface area (Å²) in [6.45, 7) is 6.07. The zero-order chi connectivity index (χ0) is 14.2. The van der Waals surface area contributed by atoms with E-state index in [1.807, 2.05) is 35.2 Å². The molecular weight excluding hydrogens is 254 g/mol. The van der Waals surface area contributed by atoms with E-state index in [0.29, 0.717) is 6.61 Å². The minimum absolute atomic E-state index is 0.0654. The summed E-state index contributed by atoms with van der Waals surface area (Å²) in [7, 11) is 0. The predicted molar refractivity (Wildman–Crippen MR) is 74.9 cm³/mol. The van der Waals surface area contributed by atoms with Gasteiger partial charge in [-0.05, 0) is 12.0 Å². The van der Waals surface area contributed by atoms with E-state index in [0.717, 1.165) is 25.1 Å². The standard InChI is InChI=1S/C16H21NO3/c1-16(2)13(20-11-12-7-4-3-5-8-12)14(18)17-9-6-10-19-15(16)17/h3-5,7-8,13,15H,6,9-11H2,1-2H3/t13-,15+/m1/s1. The maximum Gasteiger partial charge on any atom is 0.254 e. The van der Waals surface area contributed by atoms with E-state index in [1.165, 1.54) is 0 Å². The summed E-state index contributed by atoms with van der Waals surface area (Å²) in [5, 5.41) is 0. The van der Waals surface area contributed by atoms with Gasteiger partial charge in [-0.1, -0.05) is 44.2 Å². The Hall–Kier alpha value is -1.39. The lowest BCUT2D eigenvalue weighted by Gasteiger charge is -2.36. The first kappa shape index (κ1) is 13.6. The van der Waals surface area contributed by atoms with Crippen LogP contribution in [0, 0.1) is 5.41 Å². The molecular formula is C16H21NO3. The van der Waals surface area contributed by atoms with Crippen molar-refractivity contribution in [3.8, 4) is 0 Å². The van der Waals surface area contributed by atoms with Crippen LogP contribution >= 0.6 is 0 Å². The molecule has 0 aliphatic carbocycles. The third-order valence-electron chi connectivity index (χ3n) is 4.18. The third-order valence-corrected chi connectivity index (χ3v) is 4.18. The molecule has 3 rings (SSSR count). The monoisotopic (exact) mass is 275 g/mol. The average molecular weight is 275 g/mol. The zero-order valence-corrected chi connectivity index (χ0v) is 12.0. The van der Waals surface area contributed by atoms with Crippen molar-refractivity contribution < 1.29 is 14.3 Å². The van der Waals surface area contributed by atoms with Crippen molar-refractivity contribution in [3.63, 3.8) is 0 Å². The van der Waals surface area contributed by atoms with Gasteiger partial charge in [0.05, 0.1) is 13.2 Å². The molecule has 2 saturated heterocycles. The Labute approximate surface area is 119 Å². The number of carbonyl (C=O) groups is 1. The number of hydrogen-bond donors (Lipinski definition) is 0. The fraction of sp³-hybridized carbons (Fsp3) is 0.562.